The number of rotatable bonds is 6. The summed E-state index contributed by atoms with van der Waals surface area (Å²) in [5, 5.41) is 0.619. The highest BCUT2D eigenvalue weighted by molar-refractivity contribution is 7.89. The van der Waals surface area contributed by atoms with Crippen molar-refractivity contribution >= 4 is 42.6 Å². The molecule has 0 bridgehead atoms. The quantitative estimate of drug-likeness (QED) is 0.341. The molecule has 0 N–H and O–H groups in total. The summed E-state index contributed by atoms with van der Waals surface area (Å²) in [4.78, 5) is 20.4. The molecule has 0 unspecified atom stereocenters. The van der Waals surface area contributed by atoms with Crippen LogP contribution in [0.4, 0.5) is 5.13 Å². The van der Waals surface area contributed by atoms with Gasteiger partial charge in [0.2, 0.25) is 10.0 Å². The topological polar surface area (TPSA) is 70.6 Å². The van der Waals surface area contributed by atoms with Gasteiger partial charge in [0, 0.05) is 18.7 Å². The van der Waals surface area contributed by atoms with Gasteiger partial charge in [-0.05, 0) is 61.2 Å². The van der Waals surface area contributed by atoms with Gasteiger partial charge in [0.25, 0.3) is 5.91 Å². The first-order valence-corrected chi connectivity index (χ1v) is 14.0. The van der Waals surface area contributed by atoms with Crippen molar-refractivity contribution in [3.8, 4) is 0 Å². The predicted octanol–water partition coefficient (Wildman–Crippen LogP) is 5.63. The van der Waals surface area contributed by atoms with Gasteiger partial charge in [-0.2, -0.15) is 4.31 Å². The molecule has 1 amide bonds. The van der Waals surface area contributed by atoms with Crippen LogP contribution in [0.3, 0.4) is 0 Å². The van der Waals surface area contributed by atoms with Gasteiger partial charge in [-0.25, -0.2) is 13.4 Å². The molecule has 1 saturated heterocycles. The van der Waals surface area contributed by atoms with Crippen LogP contribution in [0.2, 0.25) is 0 Å². The van der Waals surface area contributed by atoms with Crippen molar-refractivity contribution in [2.45, 2.75) is 37.6 Å². The van der Waals surface area contributed by atoms with E-state index in [2.05, 4.69) is 0 Å². The van der Waals surface area contributed by atoms with Crippen LogP contribution >= 0.6 is 11.3 Å². The van der Waals surface area contributed by atoms with Crippen molar-refractivity contribution in [2.24, 2.45) is 0 Å². The van der Waals surface area contributed by atoms with E-state index in [4.69, 9.17) is 4.98 Å². The van der Waals surface area contributed by atoms with E-state index in [1.807, 2.05) is 55.5 Å². The first kappa shape index (κ1) is 23.7. The van der Waals surface area contributed by atoms with E-state index in [0.29, 0.717) is 30.3 Å². The second-order valence-electron chi connectivity index (χ2n) is 8.78. The third-order valence-electron chi connectivity index (χ3n) is 6.32. The van der Waals surface area contributed by atoms with Gasteiger partial charge in [0.15, 0.2) is 5.13 Å². The maximum atomic E-state index is 13.7. The Morgan fingerprint density at radius 1 is 0.943 bits per heavy atom. The van der Waals surface area contributed by atoms with Gasteiger partial charge in [-0.15, -0.1) is 0 Å². The highest BCUT2D eigenvalue weighted by atomic mass is 32.2. The number of aromatic nitrogens is 1. The van der Waals surface area contributed by atoms with Crippen LogP contribution in [0.1, 0.15) is 40.7 Å². The number of benzene rings is 3. The number of thiazole rings is 1. The SMILES string of the molecule is Cc1cccc2sc(N(Cc3ccccc3)C(=O)c3ccc(S(=O)(=O)N4CCCCC4)cc3)nc12. The van der Waals surface area contributed by atoms with E-state index in [1.54, 1.807) is 33.5 Å². The summed E-state index contributed by atoms with van der Waals surface area (Å²) < 4.78 is 28.6. The van der Waals surface area contributed by atoms with Crippen molar-refractivity contribution in [3.63, 3.8) is 0 Å². The fourth-order valence-corrected chi connectivity index (χ4v) is 6.92. The van der Waals surface area contributed by atoms with E-state index < -0.39 is 10.0 Å². The van der Waals surface area contributed by atoms with Gasteiger partial charge < -0.3 is 0 Å². The average Bonchev–Trinajstić information content (AvgIpc) is 3.34. The first-order chi connectivity index (χ1) is 16.9. The number of carbonyl (C=O) groups is 1. The summed E-state index contributed by atoms with van der Waals surface area (Å²) in [6, 6.07) is 22.1. The molecule has 1 fully saturated rings. The number of carbonyl (C=O) groups excluding carboxylic acids is 1. The highest BCUT2D eigenvalue weighted by Crippen LogP contribution is 2.32. The number of hydrogen-bond donors (Lipinski definition) is 0. The van der Waals surface area contributed by atoms with Crippen LogP contribution in [0.25, 0.3) is 10.2 Å². The van der Waals surface area contributed by atoms with Gasteiger partial charge in [-0.3, -0.25) is 9.69 Å². The molecule has 180 valence electrons. The molecular weight excluding hydrogens is 478 g/mol. The molecule has 2 heterocycles. The van der Waals surface area contributed by atoms with Crippen LogP contribution in [-0.2, 0) is 16.6 Å². The lowest BCUT2D eigenvalue weighted by Crippen LogP contribution is -2.35. The number of para-hydroxylation sites is 1. The van der Waals surface area contributed by atoms with Crippen LogP contribution in [0.5, 0.6) is 0 Å². The molecule has 0 radical (unpaired) electrons. The molecule has 5 rings (SSSR count). The van der Waals surface area contributed by atoms with Crippen molar-refractivity contribution in [3.05, 3.63) is 89.5 Å². The Morgan fingerprint density at radius 3 is 2.34 bits per heavy atom. The second kappa shape index (κ2) is 9.89. The minimum atomic E-state index is -3.55. The number of hydrogen-bond acceptors (Lipinski definition) is 5. The van der Waals surface area contributed by atoms with E-state index in [-0.39, 0.29) is 10.8 Å². The molecule has 3 aromatic carbocycles. The minimum Gasteiger partial charge on any atom is -0.279 e. The normalized spacial score (nSPS) is 14.8. The van der Waals surface area contributed by atoms with Gasteiger partial charge in [0.05, 0.1) is 21.7 Å². The number of anilines is 1. The van der Waals surface area contributed by atoms with Crippen molar-refractivity contribution in [1.82, 2.24) is 9.29 Å². The molecule has 4 aromatic rings. The zero-order valence-corrected chi connectivity index (χ0v) is 21.2. The fraction of sp³-hybridized carbons (Fsp3) is 0.259. The monoisotopic (exact) mass is 505 g/mol. The van der Waals surface area contributed by atoms with Gasteiger partial charge >= 0.3 is 0 Å². The zero-order chi connectivity index (χ0) is 24.4. The Hall–Kier alpha value is -3.07. The van der Waals surface area contributed by atoms with Crippen LogP contribution in [-0.4, -0.2) is 36.7 Å². The highest BCUT2D eigenvalue weighted by Gasteiger charge is 2.27. The Labute approximate surface area is 209 Å². The Morgan fingerprint density at radius 2 is 1.66 bits per heavy atom. The van der Waals surface area contributed by atoms with E-state index >= 15 is 0 Å². The molecule has 0 saturated carbocycles. The lowest BCUT2D eigenvalue weighted by atomic mass is 10.1. The van der Waals surface area contributed by atoms with E-state index in [0.717, 1.165) is 40.6 Å². The minimum absolute atomic E-state index is 0.215. The summed E-state index contributed by atoms with van der Waals surface area (Å²) in [5.74, 6) is -0.215. The van der Waals surface area contributed by atoms with Gasteiger partial charge in [-0.1, -0.05) is 60.2 Å². The Bertz CT molecular complexity index is 1440. The molecule has 6 nitrogen and oxygen atoms in total. The Balaban J connectivity index is 1.47. The first-order valence-electron chi connectivity index (χ1n) is 11.8. The molecule has 0 spiro atoms. The summed E-state index contributed by atoms with van der Waals surface area (Å²) in [7, 11) is -3.55. The largest absolute Gasteiger partial charge is 0.279 e. The molecule has 0 atom stereocenters. The number of sulfonamides is 1. The molecule has 0 aliphatic carbocycles. The van der Waals surface area contributed by atoms with Crippen LogP contribution in [0.15, 0.2) is 77.7 Å². The Kier molecular flexibility index (Phi) is 6.69. The third kappa shape index (κ3) is 4.87. The summed E-state index contributed by atoms with van der Waals surface area (Å²) in [6.07, 6.45) is 2.82. The summed E-state index contributed by atoms with van der Waals surface area (Å²) in [5.41, 5.74) is 3.36. The predicted molar refractivity (Wildman–Crippen MR) is 140 cm³/mol. The number of aryl methyl sites for hydroxylation is 1. The van der Waals surface area contributed by atoms with Crippen molar-refractivity contribution < 1.29 is 13.2 Å². The maximum absolute atomic E-state index is 13.7. The number of nitrogens with zero attached hydrogens (tertiary/aromatic N) is 3. The summed E-state index contributed by atoms with van der Waals surface area (Å²) >= 11 is 1.48. The molecular formula is C27H27N3O3S2. The lowest BCUT2D eigenvalue weighted by molar-refractivity contribution is 0.0985. The third-order valence-corrected chi connectivity index (χ3v) is 9.28. The zero-order valence-electron chi connectivity index (χ0n) is 19.6. The molecule has 8 heteroatoms. The van der Waals surface area contributed by atoms with E-state index in [1.165, 1.54) is 11.3 Å². The maximum Gasteiger partial charge on any atom is 0.260 e. The molecule has 1 aliphatic heterocycles. The summed E-state index contributed by atoms with van der Waals surface area (Å²) in [6.45, 7) is 3.47. The second-order valence-corrected chi connectivity index (χ2v) is 11.7. The number of piperidine rings is 1. The lowest BCUT2D eigenvalue weighted by Gasteiger charge is -2.26. The fourth-order valence-electron chi connectivity index (χ4n) is 4.36. The van der Waals surface area contributed by atoms with Crippen LogP contribution < -0.4 is 4.90 Å². The van der Waals surface area contributed by atoms with Gasteiger partial charge in [0.1, 0.15) is 0 Å². The smallest absolute Gasteiger partial charge is 0.260 e. The number of amides is 1. The van der Waals surface area contributed by atoms with Crippen LogP contribution in [0, 0.1) is 6.92 Å². The van der Waals surface area contributed by atoms with E-state index in [9.17, 15) is 13.2 Å². The van der Waals surface area contributed by atoms with Crippen molar-refractivity contribution in [1.29, 1.82) is 0 Å². The average molecular weight is 506 g/mol. The van der Waals surface area contributed by atoms with Crippen molar-refractivity contribution in [2.75, 3.05) is 18.0 Å². The number of fused-ring (bicyclic) bond motifs is 1. The molecule has 35 heavy (non-hydrogen) atoms. The standard InChI is InChI=1S/C27H27N3O3S2/c1-20-9-8-12-24-25(20)28-27(34-24)30(19-21-10-4-2-5-11-21)26(31)22-13-15-23(16-14-22)35(32,33)29-17-6-3-7-18-29/h2,4-5,8-16H,3,6-7,17-19H2,1H3. The molecule has 1 aliphatic rings. The molecule has 1 aromatic heterocycles.